The number of aromatic nitrogens is 3. The van der Waals surface area contributed by atoms with Gasteiger partial charge in [-0.3, -0.25) is 0 Å². The Hall–Kier alpha value is -1.59. The molecule has 1 aromatic heterocycles. The second kappa shape index (κ2) is 2.34. The highest BCUT2D eigenvalue weighted by molar-refractivity contribution is 5.53. The van der Waals surface area contributed by atoms with Gasteiger partial charge in [0, 0.05) is 7.05 Å². The Bertz CT molecular complexity index is 279. The summed E-state index contributed by atoms with van der Waals surface area (Å²) in [5.41, 5.74) is 4.73. The summed E-state index contributed by atoms with van der Waals surface area (Å²) in [6, 6.07) is 0. The molecule has 0 amide bonds. The molecular formula is C4H7N5O. The summed E-state index contributed by atoms with van der Waals surface area (Å²) in [7, 11) is 1.64. The molecule has 4 N–H and O–H groups in total. The quantitative estimate of drug-likeness (QED) is 0.456. The SMILES string of the molecule is CNc1n[nH]c(=O)nc1N. The standard InChI is InChI=1S/C4H7N5O/c1-6-3-2(5)7-4(10)9-8-3/h1H3,(H,6,8)(H3,5,7,9,10). The Morgan fingerprint density at radius 3 is 2.90 bits per heavy atom. The minimum atomic E-state index is -0.545. The molecule has 0 aliphatic heterocycles. The molecule has 0 aromatic carbocycles. The van der Waals surface area contributed by atoms with E-state index in [9.17, 15) is 4.79 Å². The lowest BCUT2D eigenvalue weighted by Crippen LogP contribution is -2.16. The molecule has 0 saturated carbocycles. The van der Waals surface area contributed by atoms with Crippen molar-refractivity contribution in [1.29, 1.82) is 0 Å². The third kappa shape index (κ3) is 1.04. The Labute approximate surface area is 56.5 Å². The van der Waals surface area contributed by atoms with E-state index < -0.39 is 5.69 Å². The first-order chi connectivity index (χ1) is 4.74. The molecule has 0 saturated heterocycles. The summed E-state index contributed by atoms with van der Waals surface area (Å²) in [6.07, 6.45) is 0. The highest BCUT2D eigenvalue weighted by atomic mass is 16.1. The van der Waals surface area contributed by atoms with Crippen LogP contribution in [0.4, 0.5) is 11.6 Å². The Morgan fingerprint density at radius 2 is 2.40 bits per heavy atom. The topological polar surface area (TPSA) is 96.7 Å². The molecule has 54 valence electrons. The van der Waals surface area contributed by atoms with Gasteiger partial charge in [0.2, 0.25) is 0 Å². The van der Waals surface area contributed by atoms with E-state index in [2.05, 4.69) is 20.5 Å². The van der Waals surface area contributed by atoms with Crippen molar-refractivity contribution in [3.05, 3.63) is 10.5 Å². The van der Waals surface area contributed by atoms with Crippen LogP contribution in [0.5, 0.6) is 0 Å². The molecule has 6 nitrogen and oxygen atoms in total. The molecule has 10 heavy (non-hydrogen) atoms. The monoisotopic (exact) mass is 141 g/mol. The summed E-state index contributed by atoms with van der Waals surface area (Å²) in [5, 5.41) is 8.35. The molecule has 1 heterocycles. The van der Waals surface area contributed by atoms with Gasteiger partial charge in [0.25, 0.3) is 0 Å². The van der Waals surface area contributed by atoms with Gasteiger partial charge in [0.05, 0.1) is 0 Å². The first kappa shape index (κ1) is 6.53. The fraction of sp³-hybridized carbons (Fsp3) is 0.250. The van der Waals surface area contributed by atoms with Crippen LogP contribution in [-0.2, 0) is 0 Å². The number of nitrogen functional groups attached to an aromatic ring is 1. The third-order valence-electron chi connectivity index (χ3n) is 0.965. The fourth-order valence-corrected chi connectivity index (χ4v) is 0.532. The highest BCUT2D eigenvalue weighted by Crippen LogP contribution is 2.03. The zero-order valence-corrected chi connectivity index (χ0v) is 5.38. The molecule has 0 radical (unpaired) electrons. The number of anilines is 2. The number of hydrogen-bond acceptors (Lipinski definition) is 5. The average molecular weight is 141 g/mol. The van der Waals surface area contributed by atoms with Gasteiger partial charge in [-0.2, -0.15) is 4.98 Å². The van der Waals surface area contributed by atoms with Crippen molar-refractivity contribution in [3.63, 3.8) is 0 Å². The predicted octanol–water partition coefficient (Wildman–Crippen LogP) is -1.21. The van der Waals surface area contributed by atoms with Crippen LogP contribution in [0.1, 0.15) is 0 Å². The summed E-state index contributed by atoms with van der Waals surface area (Å²) in [6.45, 7) is 0. The van der Waals surface area contributed by atoms with Crippen LogP contribution in [0.25, 0.3) is 0 Å². The molecule has 0 fully saturated rings. The van der Waals surface area contributed by atoms with Crippen molar-refractivity contribution in [1.82, 2.24) is 15.2 Å². The van der Waals surface area contributed by atoms with Gasteiger partial charge in [-0.1, -0.05) is 0 Å². The van der Waals surface area contributed by atoms with E-state index in [-0.39, 0.29) is 5.82 Å². The number of rotatable bonds is 1. The molecule has 0 aliphatic rings. The molecule has 6 heteroatoms. The second-order valence-electron chi connectivity index (χ2n) is 1.62. The lowest BCUT2D eigenvalue weighted by atomic mass is 10.6. The van der Waals surface area contributed by atoms with Gasteiger partial charge in [-0.25, -0.2) is 9.89 Å². The lowest BCUT2D eigenvalue weighted by Gasteiger charge is -1.97. The summed E-state index contributed by atoms with van der Waals surface area (Å²) < 4.78 is 0. The van der Waals surface area contributed by atoms with Gasteiger partial charge in [-0.05, 0) is 0 Å². The smallest absolute Gasteiger partial charge is 0.363 e. The van der Waals surface area contributed by atoms with Crippen LogP contribution >= 0.6 is 0 Å². The van der Waals surface area contributed by atoms with Crippen LogP contribution in [-0.4, -0.2) is 22.2 Å². The Kier molecular flexibility index (Phi) is 1.53. The second-order valence-corrected chi connectivity index (χ2v) is 1.62. The van der Waals surface area contributed by atoms with Crippen LogP contribution in [0.3, 0.4) is 0 Å². The maximum atomic E-state index is 10.4. The number of nitrogens with one attached hydrogen (secondary N) is 2. The summed E-state index contributed by atoms with van der Waals surface area (Å²) >= 11 is 0. The lowest BCUT2D eigenvalue weighted by molar-refractivity contribution is 0.925. The predicted molar refractivity (Wildman–Crippen MR) is 36.6 cm³/mol. The molecule has 0 atom stereocenters. The highest BCUT2D eigenvalue weighted by Gasteiger charge is 1.97. The van der Waals surface area contributed by atoms with Crippen molar-refractivity contribution in [3.8, 4) is 0 Å². The minimum Gasteiger partial charge on any atom is -0.380 e. The molecule has 0 spiro atoms. The number of nitrogens with two attached hydrogens (primary N) is 1. The zero-order valence-electron chi connectivity index (χ0n) is 5.38. The van der Waals surface area contributed by atoms with E-state index in [0.717, 1.165) is 0 Å². The van der Waals surface area contributed by atoms with Crippen molar-refractivity contribution in [2.45, 2.75) is 0 Å². The van der Waals surface area contributed by atoms with Crippen molar-refractivity contribution in [2.24, 2.45) is 0 Å². The number of hydrogen-bond donors (Lipinski definition) is 3. The minimum absolute atomic E-state index is 0.103. The van der Waals surface area contributed by atoms with Crippen molar-refractivity contribution in [2.75, 3.05) is 18.1 Å². The third-order valence-corrected chi connectivity index (χ3v) is 0.965. The molecule has 1 aromatic rings. The maximum Gasteiger partial charge on any atom is 0.363 e. The number of H-pyrrole nitrogens is 1. The van der Waals surface area contributed by atoms with E-state index in [1.165, 1.54) is 0 Å². The molecule has 0 unspecified atom stereocenters. The van der Waals surface area contributed by atoms with Crippen molar-refractivity contribution >= 4 is 11.6 Å². The average Bonchev–Trinajstić information content (AvgIpc) is 1.88. The van der Waals surface area contributed by atoms with Crippen LogP contribution < -0.4 is 16.7 Å². The normalized spacial score (nSPS) is 9.30. The Balaban J connectivity index is 3.19. The summed E-state index contributed by atoms with van der Waals surface area (Å²) in [4.78, 5) is 13.8. The van der Waals surface area contributed by atoms with E-state index in [1.807, 2.05) is 0 Å². The fourth-order valence-electron chi connectivity index (χ4n) is 0.532. The Morgan fingerprint density at radius 1 is 1.70 bits per heavy atom. The molecule has 0 bridgehead atoms. The largest absolute Gasteiger partial charge is 0.380 e. The maximum absolute atomic E-state index is 10.4. The van der Waals surface area contributed by atoms with E-state index in [0.29, 0.717) is 5.82 Å². The number of aromatic amines is 1. The van der Waals surface area contributed by atoms with Crippen LogP contribution in [0.2, 0.25) is 0 Å². The van der Waals surface area contributed by atoms with Crippen LogP contribution in [0, 0.1) is 0 Å². The zero-order chi connectivity index (χ0) is 7.56. The van der Waals surface area contributed by atoms with Gasteiger partial charge < -0.3 is 11.1 Å². The molecular weight excluding hydrogens is 134 g/mol. The first-order valence-electron chi connectivity index (χ1n) is 2.64. The van der Waals surface area contributed by atoms with E-state index in [4.69, 9.17) is 5.73 Å². The first-order valence-corrected chi connectivity index (χ1v) is 2.64. The van der Waals surface area contributed by atoms with E-state index in [1.54, 1.807) is 7.05 Å². The molecule has 1 rings (SSSR count). The molecule has 0 aliphatic carbocycles. The van der Waals surface area contributed by atoms with Crippen LogP contribution in [0.15, 0.2) is 4.79 Å². The van der Waals surface area contributed by atoms with Crippen molar-refractivity contribution < 1.29 is 0 Å². The van der Waals surface area contributed by atoms with Gasteiger partial charge in [-0.15, -0.1) is 5.10 Å². The van der Waals surface area contributed by atoms with E-state index >= 15 is 0 Å². The summed E-state index contributed by atoms with van der Waals surface area (Å²) in [5.74, 6) is 0.478. The van der Waals surface area contributed by atoms with Gasteiger partial charge >= 0.3 is 5.69 Å². The van der Waals surface area contributed by atoms with Gasteiger partial charge in [0.1, 0.15) is 0 Å². The van der Waals surface area contributed by atoms with Gasteiger partial charge in [0.15, 0.2) is 11.6 Å². The number of nitrogens with zero attached hydrogens (tertiary/aromatic N) is 2.